The van der Waals surface area contributed by atoms with Gasteiger partial charge in [0.2, 0.25) is 5.91 Å². The monoisotopic (exact) mass is 408 g/mol. The number of rotatable bonds is 11. The summed E-state index contributed by atoms with van der Waals surface area (Å²) < 4.78 is 0.919. The van der Waals surface area contributed by atoms with Crippen LogP contribution in [0.3, 0.4) is 0 Å². The molecule has 0 heterocycles. The molecule has 1 rings (SSSR count). The van der Waals surface area contributed by atoms with Crippen molar-refractivity contribution in [3.8, 4) is 0 Å². The highest BCUT2D eigenvalue weighted by molar-refractivity contribution is 8.12. The second-order valence-corrected chi connectivity index (χ2v) is 10.1. The zero-order valence-corrected chi connectivity index (χ0v) is 19.4. The van der Waals surface area contributed by atoms with Gasteiger partial charge in [0, 0.05) is 24.1 Å². The van der Waals surface area contributed by atoms with Crippen LogP contribution in [0.2, 0.25) is 0 Å². The van der Waals surface area contributed by atoms with E-state index in [4.69, 9.17) is 11.1 Å². The molecule has 158 valence electrons. The molecule has 5 N–H and O–H groups in total. The number of carbonyl (C=O) groups excluding carboxylic acids is 1. The molecule has 0 spiro atoms. The van der Waals surface area contributed by atoms with Gasteiger partial charge in [-0.3, -0.25) is 15.9 Å². The Morgan fingerprint density at radius 3 is 2.39 bits per heavy atom. The van der Waals surface area contributed by atoms with E-state index in [2.05, 4.69) is 71.5 Å². The minimum Gasteiger partial charge on any atom is -0.355 e. The largest absolute Gasteiger partial charge is 0.355 e. The first kappa shape index (κ1) is 24.5. The molecule has 0 radical (unpaired) electrons. The fourth-order valence-corrected chi connectivity index (χ4v) is 3.79. The molecule has 5 nitrogen and oxygen atoms in total. The summed E-state index contributed by atoms with van der Waals surface area (Å²) >= 11 is 1.45. The van der Waals surface area contributed by atoms with Crippen molar-refractivity contribution < 1.29 is 14.7 Å². The molecule has 0 fully saturated rings. The lowest BCUT2D eigenvalue weighted by Crippen LogP contribution is -2.43. The highest BCUT2D eigenvalue weighted by Crippen LogP contribution is 2.35. The summed E-state index contributed by atoms with van der Waals surface area (Å²) in [7, 11) is 6.52. The van der Waals surface area contributed by atoms with Crippen molar-refractivity contribution in [1.29, 1.82) is 0 Å². The second kappa shape index (κ2) is 10.9. The van der Waals surface area contributed by atoms with E-state index >= 15 is 0 Å². The highest BCUT2D eigenvalue weighted by atomic mass is 32.2. The van der Waals surface area contributed by atoms with Crippen molar-refractivity contribution >= 4 is 22.8 Å². The van der Waals surface area contributed by atoms with E-state index < -0.39 is 0 Å². The quantitative estimate of drug-likeness (QED) is 0.227. The molecule has 0 saturated heterocycles. The van der Waals surface area contributed by atoms with Gasteiger partial charge in [-0.25, -0.2) is 0 Å². The van der Waals surface area contributed by atoms with E-state index in [9.17, 15) is 4.79 Å². The van der Waals surface area contributed by atoms with Crippen LogP contribution >= 0.6 is 11.8 Å². The van der Waals surface area contributed by atoms with Crippen molar-refractivity contribution in [1.82, 2.24) is 5.32 Å². The first-order valence-electron chi connectivity index (χ1n) is 10.1. The predicted octanol–water partition coefficient (Wildman–Crippen LogP) is 2.12. The van der Waals surface area contributed by atoms with Crippen LogP contribution in [0.5, 0.6) is 0 Å². The fraction of sp³-hybridized carbons (Fsp3) is 0.636. The third-order valence-electron chi connectivity index (χ3n) is 5.33. The Morgan fingerprint density at radius 2 is 1.89 bits per heavy atom. The minimum atomic E-state index is -0.354. The smallest absolute Gasteiger partial charge is 0.300 e. The summed E-state index contributed by atoms with van der Waals surface area (Å²) in [5.41, 5.74) is 7.62. The molecular weight excluding hydrogens is 368 g/mol. The van der Waals surface area contributed by atoms with Crippen molar-refractivity contribution in [2.45, 2.75) is 51.7 Å². The zero-order valence-electron chi connectivity index (χ0n) is 18.5. The number of amides is 1. The molecule has 0 aliphatic heterocycles. The number of hydrogen-bond acceptors (Lipinski definition) is 2. The van der Waals surface area contributed by atoms with Gasteiger partial charge in [0.15, 0.2) is 0 Å². The molecule has 1 aromatic rings. The number of thioether (sulfide) groups is 1. The molecule has 2 unspecified atom stereocenters. The summed E-state index contributed by atoms with van der Waals surface area (Å²) in [6.45, 7) is 8.19. The first-order chi connectivity index (χ1) is 13.0. The Bertz CT molecular complexity index is 639. The summed E-state index contributed by atoms with van der Waals surface area (Å²) in [6.07, 6.45) is 2.66. The number of hydrogen-bond donors (Lipinski definition) is 3. The van der Waals surface area contributed by atoms with E-state index in [1.54, 1.807) is 0 Å². The van der Waals surface area contributed by atoms with Gasteiger partial charge in [0.1, 0.15) is 0 Å². The van der Waals surface area contributed by atoms with Crippen molar-refractivity contribution in [3.63, 3.8) is 0 Å². The Labute approximate surface area is 175 Å². The number of amidine groups is 1. The fourth-order valence-electron chi connectivity index (χ4n) is 3.27. The summed E-state index contributed by atoms with van der Waals surface area (Å²) in [5.74, 6) is 1.26. The molecular formula is C22H40N4OS+2. The summed E-state index contributed by atoms with van der Waals surface area (Å²) in [6, 6.07) is 8.55. The molecule has 0 aromatic heterocycles. The van der Waals surface area contributed by atoms with E-state index in [0.29, 0.717) is 11.1 Å². The van der Waals surface area contributed by atoms with E-state index in [1.165, 1.54) is 22.9 Å². The van der Waals surface area contributed by atoms with Gasteiger partial charge in [-0.15, -0.1) is 0 Å². The third-order valence-corrected chi connectivity index (χ3v) is 6.14. The normalized spacial score (nSPS) is 14.9. The standard InChI is InChI=1S/C22H38N4OS/c1-7-22(3,20(27)25-13-8-14-26(4,5)6)15-17(2)19-11-9-18(10-12-19)16-28-21(23)24/h9-12,17H,7-8,13-16H2,1-6H3,(H3-,23,24,25,27)/p+2. The van der Waals surface area contributed by atoms with E-state index in [-0.39, 0.29) is 11.3 Å². The molecule has 0 bridgehead atoms. The Kier molecular flexibility index (Phi) is 9.51. The molecule has 28 heavy (non-hydrogen) atoms. The number of nitrogens with zero attached hydrogens (tertiary/aromatic N) is 1. The number of benzene rings is 1. The molecule has 0 aliphatic rings. The van der Waals surface area contributed by atoms with Gasteiger partial charge in [0.25, 0.3) is 5.17 Å². The minimum absolute atomic E-state index is 0.172. The SMILES string of the molecule is CCC(C)(CC(C)c1ccc(CSC(N)=[NH2+])cc1)C(=O)NCCC[N+](C)(C)C. The number of nitrogens with two attached hydrogens (primary N) is 2. The number of nitrogens with one attached hydrogen (secondary N) is 1. The van der Waals surface area contributed by atoms with Gasteiger partial charge in [-0.1, -0.05) is 45.0 Å². The molecule has 0 saturated carbocycles. The first-order valence-corrected chi connectivity index (χ1v) is 11.1. The van der Waals surface area contributed by atoms with E-state index in [1.807, 2.05) is 0 Å². The second-order valence-electron chi connectivity index (χ2n) is 9.08. The van der Waals surface area contributed by atoms with Gasteiger partial charge in [-0.05, 0) is 41.6 Å². The lowest BCUT2D eigenvalue weighted by atomic mass is 9.76. The van der Waals surface area contributed by atoms with Crippen LogP contribution in [0.1, 0.15) is 57.1 Å². The third kappa shape index (κ3) is 8.65. The van der Waals surface area contributed by atoms with Crippen LogP contribution in [-0.4, -0.2) is 49.8 Å². The maximum atomic E-state index is 12.8. The average molecular weight is 409 g/mol. The Morgan fingerprint density at radius 1 is 1.29 bits per heavy atom. The lowest BCUT2D eigenvalue weighted by Gasteiger charge is -2.30. The van der Waals surface area contributed by atoms with Gasteiger partial charge >= 0.3 is 0 Å². The summed E-state index contributed by atoms with van der Waals surface area (Å²) in [4.78, 5) is 12.8. The maximum Gasteiger partial charge on any atom is 0.300 e. The van der Waals surface area contributed by atoms with Crippen LogP contribution in [0.25, 0.3) is 0 Å². The van der Waals surface area contributed by atoms with E-state index in [0.717, 1.165) is 42.6 Å². The number of quaternary nitrogens is 1. The lowest BCUT2D eigenvalue weighted by molar-refractivity contribution is -0.870. The van der Waals surface area contributed by atoms with Crippen LogP contribution in [0.15, 0.2) is 24.3 Å². The van der Waals surface area contributed by atoms with Crippen LogP contribution in [0, 0.1) is 5.41 Å². The topological polar surface area (TPSA) is 80.7 Å². The molecule has 2 atom stereocenters. The van der Waals surface area contributed by atoms with Crippen LogP contribution in [-0.2, 0) is 10.5 Å². The molecule has 1 amide bonds. The average Bonchev–Trinajstić information content (AvgIpc) is 2.62. The van der Waals surface area contributed by atoms with Gasteiger partial charge in [-0.2, -0.15) is 0 Å². The summed E-state index contributed by atoms with van der Waals surface area (Å²) in [5, 5.41) is 9.07. The van der Waals surface area contributed by atoms with Gasteiger partial charge < -0.3 is 9.80 Å². The molecule has 0 aliphatic carbocycles. The zero-order chi connectivity index (χ0) is 21.4. The number of carbonyl (C=O) groups is 1. The van der Waals surface area contributed by atoms with Crippen molar-refractivity contribution in [2.75, 3.05) is 34.2 Å². The predicted molar refractivity (Wildman–Crippen MR) is 121 cm³/mol. The van der Waals surface area contributed by atoms with Crippen LogP contribution in [0.4, 0.5) is 0 Å². The molecule has 6 heteroatoms. The van der Waals surface area contributed by atoms with Crippen molar-refractivity contribution in [2.24, 2.45) is 11.1 Å². The van der Waals surface area contributed by atoms with Crippen LogP contribution < -0.4 is 16.5 Å². The molecule has 1 aromatic carbocycles. The maximum absolute atomic E-state index is 12.8. The highest BCUT2D eigenvalue weighted by Gasteiger charge is 2.33. The Balaban J connectivity index is 2.63. The van der Waals surface area contributed by atoms with Crippen molar-refractivity contribution in [3.05, 3.63) is 35.4 Å². The Hall–Kier alpha value is -1.53. The van der Waals surface area contributed by atoms with Gasteiger partial charge in [0.05, 0.1) is 27.7 Å².